The van der Waals surface area contributed by atoms with Gasteiger partial charge in [-0.2, -0.15) is 4.72 Å². The van der Waals surface area contributed by atoms with Crippen LogP contribution in [-0.2, 0) is 28.5 Å². The van der Waals surface area contributed by atoms with Crippen LogP contribution in [-0.4, -0.2) is 30.0 Å². The van der Waals surface area contributed by atoms with E-state index in [2.05, 4.69) is 15.0 Å². The SMILES string of the molecule is CC(C)c1cc(Cl)c2c(c1NC(O)NS(=O)(=O)c1ncc(C(C)(C)O)s1)CCC2. The van der Waals surface area contributed by atoms with E-state index >= 15 is 0 Å². The molecule has 0 saturated carbocycles. The first-order valence-corrected chi connectivity index (χ1v) is 12.1. The molecule has 3 rings (SSSR count). The van der Waals surface area contributed by atoms with Crippen molar-refractivity contribution in [3.63, 3.8) is 0 Å². The van der Waals surface area contributed by atoms with Crippen LogP contribution in [0.1, 0.15) is 61.6 Å². The van der Waals surface area contributed by atoms with Gasteiger partial charge in [0.25, 0.3) is 10.0 Å². The Labute approximate surface area is 180 Å². The van der Waals surface area contributed by atoms with E-state index in [1.54, 1.807) is 13.8 Å². The summed E-state index contributed by atoms with van der Waals surface area (Å²) in [5.74, 6) is 0.137. The number of aliphatic hydroxyl groups is 2. The summed E-state index contributed by atoms with van der Waals surface area (Å²) >= 11 is 7.28. The maximum absolute atomic E-state index is 12.6. The number of halogens is 1. The summed E-state index contributed by atoms with van der Waals surface area (Å²) in [6, 6.07) is 1.89. The molecule has 29 heavy (non-hydrogen) atoms. The summed E-state index contributed by atoms with van der Waals surface area (Å²) in [6.45, 7) is 7.13. The number of nitrogens with one attached hydrogen (secondary N) is 2. The van der Waals surface area contributed by atoms with Crippen LogP contribution in [0.4, 0.5) is 5.69 Å². The quantitative estimate of drug-likeness (QED) is 0.473. The Morgan fingerprint density at radius 2 is 1.93 bits per heavy atom. The molecule has 160 valence electrons. The van der Waals surface area contributed by atoms with Crippen molar-refractivity contribution in [2.45, 2.75) is 69.2 Å². The van der Waals surface area contributed by atoms with Crippen LogP contribution in [0.2, 0.25) is 5.02 Å². The molecule has 1 aliphatic carbocycles. The van der Waals surface area contributed by atoms with E-state index in [9.17, 15) is 18.6 Å². The molecule has 1 unspecified atom stereocenters. The third-order valence-electron chi connectivity index (χ3n) is 4.87. The monoisotopic (exact) mass is 459 g/mol. The molecule has 2 aromatic rings. The normalized spacial score (nSPS) is 15.6. The van der Waals surface area contributed by atoms with E-state index in [0.29, 0.717) is 9.90 Å². The highest BCUT2D eigenvalue weighted by Gasteiger charge is 2.28. The molecule has 0 spiro atoms. The van der Waals surface area contributed by atoms with E-state index in [-0.39, 0.29) is 10.3 Å². The minimum Gasteiger partial charge on any atom is -0.385 e. The number of aromatic nitrogens is 1. The number of anilines is 1. The molecule has 0 bridgehead atoms. The van der Waals surface area contributed by atoms with Crippen molar-refractivity contribution >= 4 is 38.6 Å². The van der Waals surface area contributed by atoms with Crippen LogP contribution >= 0.6 is 22.9 Å². The molecule has 1 aromatic carbocycles. The van der Waals surface area contributed by atoms with Gasteiger partial charge in [0.2, 0.25) is 4.34 Å². The average molecular weight is 460 g/mol. The van der Waals surface area contributed by atoms with Crippen LogP contribution in [0.3, 0.4) is 0 Å². The Morgan fingerprint density at radius 1 is 1.28 bits per heavy atom. The number of aliphatic hydroxyl groups excluding tert-OH is 1. The average Bonchev–Trinajstić information content (AvgIpc) is 3.25. The Morgan fingerprint density at radius 3 is 2.52 bits per heavy atom. The molecule has 0 amide bonds. The molecule has 7 nitrogen and oxygen atoms in total. The van der Waals surface area contributed by atoms with Gasteiger partial charge < -0.3 is 15.5 Å². The third-order valence-corrected chi connectivity index (χ3v) is 8.32. The van der Waals surface area contributed by atoms with Gasteiger partial charge in [-0.05, 0) is 61.8 Å². The predicted octanol–water partition coefficient (Wildman–Crippen LogP) is 3.30. The van der Waals surface area contributed by atoms with Crippen LogP contribution in [0.25, 0.3) is 0 Å². The molecule has 0 fully saturated rings. The van der Waals surface area contributed by atoms with Gasteiger partial charge in [0, 0.05) is 16.9 Å². The van der Waals surface area contributed by atoms with Gasteiger partial charge in [0.05, 0.1) is 10.5 Å². The Bertz CT molecular complexity index is 1010. The zero-order chi connectivity index (χ0) is 21.6. The Kier molecular flexibility index (Phi) is 6.29. The molecular formula is C19H26ClN3O4S2. The third kappa shape index (κ3) is 4.76. The minimum atomic E-state index is -4.07. The first kappa shape index (κ1) is 22.5. The Hall–Kier alpha value is -1.23. The van der Waals surface area contributed by atoms with Crippen LogP contribution < -0.4 is 10.0 Å². The van der Waals surface area contributed by atoms with Crippen molar-refractivity contribution < 1.29 is 18.6 Å². The van der Waals surface area contributed by atoms with Gasteiger partial charge in [-0.25, -0.2) is 13.4 Å². The highest BCUT2D eigenvalue weighted by Crippen LogP contribution is 2.40. The van der Waals surface area contributed by atoms with Gasteiger partial charge >= 0.3 is 0 Å². The fourth-order valence-electron chi connectivity index (χ4n) is 3.41. The van der Waals surface area contributed by atoms with Crippen molar-refractivity contribution in [2.75, 3.05) is 5.32 Å². The molecular weight excluding hydrogens is 434 g/mol. The number of fused-ring (bicyclic) bond motifs is 1. The number of benzene rings is 1. The molecule has 0 saturated heterocycles. The van der Waals surface area contributed by atoms with Crippen molar-refractivity contribution in [3.05, 3.63) is 38.9 Å². The maximum Gasteiger partial charge on any atom is 0.271 e. The molecule has 10 heteroatoms. The molecule has 0 aliphatic heterocycles. The van der Waals surface area contributed by atoms with Crippen LogP contribution in [0, 0.1) is 0 Å². The van der Waals surface area contributed by atoms with Gasteiger partial charge in [0.1, 0.15) is 0 Å². The summed E-state index contributed by atoms with van der Waals surface area (Å²) in [7, 11) is -4.07. The smallest absolute Gasteiger partial charge is 0.271 e. The first-order chi connectivity index (χ1) is 13.4. The Balaban J connectivity index is 1.85. The number of rotatable bonds is 7. The van der Waals surface area contributed by atoms with Crippen molar-refractivity contribution in [1.82, 2.24) is 9.71 Å². The summed E-state index contributed by atoms with van der Waals surface area (Å²) < 4.78 is 27.2. The van der Waals surface area contributed by atoms with Crippen molar-refractivity contribution in [2.24, 2.45) is 0 Å². The highest BCUT2D eigenvalue weighted by atomic mass is 35.5. The van der Waals surface area contributed by atoms with Crippen molar-refractivity contribution in [3.8, 4) is 0 Å². The van der Waals surface area contributed by atoms with E-state index in [4.69, 9.17) is 11.6 Å². The van der Waals surface area contributed by atoms with E-state index < -0.39 is 22.0 Å². The number of nitrogens with zero attached hydrogens (tertiary/aromatic N) is 1. The summed E-state index contributed by atoms with van der Waals surface area (Å²) in [6.07, 6.45) is 2.42. The van der Waals surface area contributed by atoms with Gasteiger partial charge in [-0.3, -0.25) is 0 Å². The lowest BCUT2D eigenvalue weighted by atomic mass is 9.95. The largest absolute Gasteiger partial charge is 0.385 e. The lowest BCUT2D eigenvalue weighted by molar-refractivity contribution is 0.0823. The topological polar surface area (TPSA) is 112 Å². The predicted molar refractivity (Wildman–Crippen MR) is 115 cm³/mol. The summed E-state index contributed by atoms with van der Waals surface area (Å²) in [4.78, 5) is 4.30. The molecule has 1 atom stereocenters. The maximum atomic E-state index is 12.6. The van der Waals surface area contributed by atoms with Crippen molar-refractivity contribution in [1.29, 1.82) is 0 Å². The lowest BCUT2D eigenvalue weighted by Crippen LogP contribution is -2.40. The zero-order valence-electron chi connectivity index (χ0n) is 16.8. The lowest BCUT2D eigenvalue weighted by Gasteiger charge is -2.23. The zero-order valence-corrected chi connectivity index (χ0v) is 19.2. The second-order valence-electron chi connectivity index (χ2n) is 8.01. The molecule has 1 aromatic heterocycles. The van der Waals surface area contributed by atoms with Gasteiger partial charge in [-0.15, -0.1) is 11.3 Å². The van der Waals surface area contributed by atoms with Gasteiger partial charge in [-0.1, -0.05) is 25.4 Å². The summed E-state index contributed by atoms with van der Waals surface area (Å²) in [5, 5.41) is 24.1. The number of hydrogen-bond donors (Lipinski definition) is 4. The van der Waals surface area contributed by atoms with E-state index in [1.165, 1.54) is 6.20 Å². The number of thiazole rings is 1. The first-order valence-electron chi connectivity index (χ1n) is 9.40. The van der Waals surface area contributed by atoms with Gasteiger partial charge in [0.15, 0.2) is 6.35 Å². The second kappa shape index (κ2) is 8.13. The number of sulfonamides is 1. The standard InChI is InChI=1S/C19H26ClN3O4S2/c1-10(2)13-8-14(20)11-6-5-7-12(11)16(13)22-17(24)23-29(26,27)18-21-9-15(28-18)19(3,4)25/h8-10,17,22-25H,5-7H2,1-4H3. The van der Waals surface area contributed by atoms with Crippen LogP contribution in [0.15, 0.2) is 16.6 Å². The van der Waals surface area contributed by atoms with E-state index in [0.717, 1.165) is 53.0 Å². The molecule has 0 radical (unpaired) electrons. The fraction of sp³-hybridized carbons (Fsp3) is 0.526. The minimum absolute atomic E-state index is 0.137. The van der Waals surface area contributed by atoms with E-state index in [1.807, 2.05) is 19.9 Å². The molecule has 1 heterocycles. The summed E-state index contributed by atoms with van der Waals surface area (Å²) in [5.41, 5.74) is 2.52. The number of hydrogen-bond acceptors (Lipinski definition) is 7. The second-order valence-corrected chi connectivity index (χ2v) is 11.3. The fourth-order valence-corrected chi connectivity index (χ4v) is 5.88. The molecule has 1 aliphatic rings. The molecule has 4 N–H and O–H groups in total. The van der Waals surface area contributed by atoms with Crippen LogP contribution in [0.5, 0.6) is 0 Å². The highest BCUT2D eigenvalue weighted by molar-refractivity contribution is 7.91.